The van der Waals surface area contributed by atoms with Crippen molar-refractivity contribution < 1.29 is 18.7 Å². The van der Waals surface area contributed by atoms with Crippen LogP contribution in [-0.4, -0.2) is 53.9 Å². The first kappa shape index (κ1) is 12.9. The summed E-state index contributed by atoms with van der Waals surface area (Å²) in [5.74, 6) is -0.460. The minimum absolute atomic E-state index is 0.0537. The lowest BCUT2D eigenvalue weighted by Gasteiger charge is -2.24. The smallest absolute Gasteiger partial charge is 0.257 e. The zero-order chi connectivity index (χ0) is 14.4. The van der Waals surface area contributed by atoms with E-state index >= 15 is 0 Å². The number of benzene rings is 1. The van der Waals surface area contributed by atoms with Crippen LogP contribution in [0.25, 0.3) is 0 Å². The number of amides is 2. The number of ether oxygens (including phenoxy) is 1. The maximum atomic E-state index is 13.3. The molecule has 0 spiro atoms. The Morgan fingerprint density at radius 1 is 1.40 bits per heavy atom. The number of hydrogen-bond acceptors (Lipinski definition) is 3. The third-order valence-electron chi connectivity index (χ3n) is 3.95. The van der Waals surface area contributed by atoms with Gasteiger partial charge in [0.25, 0.3) is 5.91 Å². The van der Waals surface area contributed by atoms with E-state index in [-0.39, 0.29) is 29.7 Å². The second kappa shape index (κ2) is 4.47. The van der Waals surface area contributed by atoms with Gasteiger partial charge in [0.15, 0.2) is 0 Å². The summed E-state index contributed by atoms with van der Waals surface area (Å²) >= 11 is 0. The summed E-state index contributed by atoms with van der Waals surface area (Å²) in [5.41, 5.74) is 0.359. The van der Waals surface area contributed by atoms with Gasteiger partial charge in [-0.2, -0.15) is 0 Å². The lowest BCUT2D eigenvalue weighted by molar-refractivity contribution is -0.128. The molecule has 2 amide bonds. The molecule has 2 heterocycles. The van der Waals surface area contributed by atoms with Gasteiger partial charge in [-0.05, 0) is 12.1 Å². The highest BCUT2D eigenvalue weighted by Crippen LogP contribution is 2.31. The molecule has 0 radical (unpaired) electrons. The number of hydrogen-bond donors (Lipinski definition) is 0. The van der Waals surface area contributed by atoms with Gasteiger partial charge in [-0.25, -0.2) is 4.39 Å². The standard InChI is InChI=1S/C14H15FN2O3/c1-8(18)17-6-11-13(7-17)20-12-5-9(15)3-4-10(12)14(19)16(11)2/h3-5,11,13H,6-7H2,1-2H3. The summed E-state index contributed by atoms with van der Waals surface area (Å²) in [6, 6.07) is 3.70. The van der Waals surface area contributed by atoms with Crippen molar-refractivity contribution in [1.29, 1.82) is 0 Å². The lowest BCUT2D eigenvalue weighted by atomic mass is 10.1. The summed E-state index contributed by atoms with van der Waals surface area (Å²) in [5, 5.41) is 0. The molecule has 2 aliphatic heterocycles. The molecule has 0 N–H and O–H groups in total. The molecule has 1 aromatic carbocycles. The molecule has 20 heavy (non-hydrogen) atoms. The van der Waals surface area contributed by atoms with E-state index in [1.807, 2.05) is 0 Å². The average molecular weight is 278 g/mol. The Balaban J connectivity index is 1.99. The predicted octanol–water partition coefficient (Wildman–Crippen LogP) is 0.889. The number of nitrogens with zero attached hydrogens (tertiary/aromatic N) is 2. The highest BCUT2D eigenvalue weighted by Gasteiger charge is 2.43. The van der Waals surface area contributed by atoms with E-state index in [1.165, 1.54) is 25.1 Å². The molecule has 0 bridgehead atoms. The zero-order valence-electron chi connectivity index (χ0n) is 11.3. The molecule has 2 atom stereocenters. The van der Waals surface area contributed by atoms with E-state index in [0.717, 1.165) is 0 Å². The molecular weight excluding hydrogens is 263 g/mol. The van der Waals surface area contributed by atoms with Crippen LogP contribution in [0.1, 0.15) is 17.3 Å². The van der Waals surface area contributed by atoms with Gasteiger partial charge in [0.2, 0.25) is 5.91 Å². The lowest BCUT2D eigenvalue weighted by Crippen LogP contribution is -2.44. The fraction of sp³-hybridized carbons (Fsp3) is 0.429. The van der Waals surface area contributed by atoms with Crippen molar-refractivity contribution in [2.45, 2.75) is 19.1 Å². The minimum Gasteiger partial charge on any atom is -0.485 e. The molecule has 0 aliphatic carbocycles. The molecule has 2 aliphatic rings. The van der Waals surface area contributed by atoms with Crippen LogP contribution in [0.5, 0.6) is 5.75 Å². The Bertz CT molecular complexity index is 590. The van der Waals surface area contributed by atoms with E-state index in [9.17, 15) is 14.0 Å². The Morgan fingerprint density at radius 2 is 2.15 bits per heavy atom. The van der Waals surface area contributed by atoms with Crippen molar-refractivity contribution >= 4 is 11.8 Å². The summed E-state index contributed by atoms with van der Waals surface area (Å²) in [6.07, 6.45) is -0.323. The molecule has 106 valence electrons. The maximum Gasteiger partial charge on any atom is 0.257 e. The van der Waals surface area contributed by atoms with Crippen LogP contribution in [0.15, 0.2) is 18.2 Å². The number of likely N-dealkylation sites (tertiary alicyclic amines) is 1. The first-order valence-corrected chi connectivity index (χ1v) is 6.46. The third-order valence-corrected chi connectivity index (χ3v) is 3.95. The Labute approximate surface area is 115 Å². The first-order chi connectivity index (χ1) is 9.47. The molecular formula is C14H15FN2O3. The van der Waals surface area contributed by atoms with Crippen molar-refractivity contribution in [3.05, 3.63) is 29.6 Å². The van der Waals surface area contributed by atoms with Gasteiger partial charge in [-0.3, -0.25) is 9.59 Å². The Kier molecular flexibility index (Phi) is 2.88. The van der Waals surface area contributed by atoms with E-state index in [0.29, 0.717) is 18.7 Å². The second-order valence-corrected chi connectivity index (χ2v) is 5.20. The number of fused-ring (bicyclic) bond motifs is 2. The van der Waals surface area contributed by atoms with Gasteiger partial charge in [-0.1, -0.05) is 0 Å². The van der Waals surface area contributed by atoms with Crippen molar-refractivity contribution in [2.75, 3.05) is 20.1 Å². The van der Waals surface area contributed by atoms with Gasteiger partial charge < -0.3 is 14.5 Å². The van der Waals surface area contributed by atoms with Gasteiger partial charge >= 0.3 is 0 Å². The van der Waals surface area contributed by atoms with E-state index in [1.54, 1.807) is 16.8 Å². The fourth-order valence-corrected chi connectivity index (χ4v) is 2.78. The highest BCUT2D eigenvalue weighted by molar-refractivity contribution is 5.97. The van der Waals surface area contributed by atoms with Crippen molar-refractivity contribution in [3.63, 3.8) is 0 Å². The summed E-state index contributed by atoms with van der Waals surface area (Å²) in [6.45, 7) is 2.34. The topological polar surface area (TPSA) is 49.9 Å². The van der Waals surface area contributed by atoms with Gasteiger partial charge in [0.05, 0.1) is 18.2 Å². The van der Waals surface area contributed by atoms with E-state index in [2.05, 4.69) is 0 Å². The number of likely N-dealkylation sites (N-methyl/N-ethyl adjacent to an activating group) is 1. The van der Waals surface area contributed by atoms with E-state index < -0.39 is 5.82 Å². The molecule has 1 aromatic rings. The van der Waals surface area contributed by atoms with Crippen LogP contribution in [0.3, 0.4) is 0 Å². The number of halogens is 1. The van der Waals surface area contributed by atoms with Gasteiger partial charge in [-0.15, -0.1) is 0 Å². The van der Waals surface area contributed by atoms with Crippen molar-refractivity contribution in [1.82, 2.24) is 9.80 Å². The van der Waals surface area contributed by atoms with Crippen molar-refractivity contribution in [3.8, 4) is 5.75 Å². The van der Waals surface area contributed by atoms with Crippen LogP contribution in [0, 0.1) is 5.82 Å². The average Bonchev–Trinajstić information content (AvgIpc) is 2.78. The molecule has 6 heteroatoms. The molecule has 2 unspecified atom stereocenters. The molecule has 1 saturated heterocycles. The van der Waals surface area contributed by atoms with Gasteiger partial charge in [0.1, 0.15) is 17.7 Å². The number of carbonyl (C=O) groups excluding carboxylic acids is 2. The second-order valence-electron chi connectivity index (χ2n) is 5.20. The molecule has 0 aromatic heterocycles. The maximum absolute atomic E-state index is 13.3. The van der Waals surface area contributed by atoms with Crippen LogP contribution >= 0.6 is 0 Å². The Hall–Kier alpha value is -2.11. The zero-order valence-corrected chi connectivity index (χ0v) is 11.3. The van der Waals surface area contributed by atoms with Crippen molar-refractivity contribution in [2.24, 2.45) is 0 Å². The third kappa shape index (κ3) is 1.92. The molecule has 0 saturated carbocycles. The molecule has 1 fully saturated rings. The minimum atomic E-state index is -0.445. The monoisotopic (exact) mass is 278 g/mol. The summed E-state index contributed by atoms with van der Waals surface area (Å²) in [4.78, 5) is 27.1. The van der Waals surface area contributed by atoms with Crippen LogP contribution in [-0.2, 0) is 4.79 Å². The summed E-state index contributed by atoms with van der Waals surface area (Å²) < 4.78 is 19.1. The quantitative estimate of drug-likeness (QED) is 0.708. The number of carbonyl (C=O) groups is 2. The normalized spacial score (nSPS) is 24.9. The van der Waals surface area contributed by atoms with Crippen LogP contribution in [0.4, 0.5) is 4.39 Å². The van der Waals surface area contributed by atoms with E-state index in [4.69, 9.17) is 4.74 Å². The first-order valence-electron chi connectivity index (χ1n) is 6.46. The largest absolute Gasteiger partial charge is 0.485 e. The van der Waals surface area contributed by atoms with Crippen LogP contribution < -0.4 is 4.74 Å². The fourth-order valence-electron chi connectivity index (χ4n) is 2.78. The van der Waals surface area contributed by atoms with Crippen LogP contribution in [0.2, 0.25) is 0 Å². The Morgan fingerprint density at radius 3 is 2.85 bits per heavy atom. The molecule has 3 rings (SSSR count). The number of rotatable bonds is 0. The summed E-state index contributed by atoms with van der Waals surface area (Å²) in [7, 11) is 1.69. The molecule has 5 nitrogen and oxygen atoms in total. The highest BCUT2D eigenvalue weighted by atomic mass is 19.1. The SMILES string of the molecule is CC(=O)N1CC2Oc3cc(F)ccc3C(=O)N(C)C2C1. The van der Waals surface area contributed by atoms with Gasteiger partial charge in [0, 0.05) is 26.6 Å². The predicted molar refractivity (Wildman–Crippen MR) is 69.0 cm³/mol.